The number of sulfonamides is 1. The van der Waals surface area contributed by atoms with Gasteiger partial charge in [0.2, 0.25) is 10.0 Å². The van der Waals surface area contributed by atoms with E-state index < -0.39 is 10.0 Å². The number of benzene rings is 1. The molecule has 1 aliphatic heterocycles. The van der Waals surface area contributed by atoms with Gasteiger partial charge in [0.1, 0.15) is 4.90 Å². The molecule has 0 aromatic heterocycles. The van der Waals surface area contributed by atoms with Gasteiger partial charge >= 0.3 is 0 Å². The van der Waals surface area contributed by atoms with E-state index in [0.29, 0.717) is 19.5 Å². The standard InChI is InChI=1S/C11H15ClN2O2S/c1-8-2-3-11(10(12)6-8)17(15,16)14-5-4-9(13)7-14/h2-3,6,9H,4-5,7,13H2,1H3/t9-/m0/s1. The molecule has 17 heavy (non-hydrogen) atoms. The molecule has 0 aliphatic carbocycles. The zero-order chi connectivity index (χ0) is 12.6. The summed E-state index contributed by atoms with van der Waals surface area (Å²) in [5.41, 5.74) is 6.66. The largest absolute Gasteiger partial charge is 0.326 e. The number of rotatable bonds is 2. The summed E-state index contributed by atoms with van der Waals surface area (Å²) in [5, 5.41) is 0.269. The molecule has 0 unspecified atom stereocenters. The molecule has 1 heterocycles. The van der Waals surface area contributed by atoms with E-state index in [9.17, 15) is 8.42 Å². The number of aryl methyl sites for hydroxylation is 1. The van der Waals surface area contributed by atoms with Crippen LogP contribution in [0.2, 0.25) is 5.02 Å². The molecule has 0 saturated carbocycles. The summed E-state index contributed by atoms with van der Waals surface area (Å²) >= 11 is 5.99. The van der Waals surface area contributed by atoms with Gasteiger partial charge in [0, 0.05) is 19.1 Å². The Balaban J connectivity index is 2.38. The lowest BCUT2D eigenvalue weighted by atomic mass is 10.2. The number of hydrogen-bond donors (Lipinski definition) is 1. The van der Waals surface area contributed by atoms with E-state index in [4.69, 9.17) is 17.3 Å². The van der Waals surface area contributed by atoms with E-state index in [0.717, 1.165) is 5.56 Å². The van der Waals surface area contributed by atoms with Crippen molar-refractivity contribution in [3.05, 3.63) is 28.8 Å². The van der Waals surface area contributed by atoms with Crippen LogP contribution in [0.4, 0.5) is 0 Å². The molecule has 1 aliphatic rings. The molecule has 6 heteroatoms. The Hall–Kier alpha value is -0.620. The molecule has 0 bridgehead atoms. The molecule has 2 N–H and O–H groups in total. The summed E-state index contributed by atoms with van der Waals surface area (Å²) < 4.78 is 26.0. The van der Waals surface area contributed by atoms with Crippen LogP contribution in [0.3, 0.4) is 0 Å². The first-order valence-electron chi connectivity index (χ1n) is 5.43. The van der Waals surface area contributed by atoms with Gasteiger partial charge in [-0.3, -0.25) is 0 Å². The van der Waals surface area contributed by atoms with Crippen LogP contribution >= 0.6 is 11.6 Å². The predicted molar refractivity (Wildman–Crippen MR) is 67.5 cm³/mol. The van der Waals surface area contributed by atoms with Crippen molar-refractivity contribution in [1.29, 1.82) is 0 Å². The van der Waals surface area contributed by atoms with E-state index in [1.807, 2.05) is 6.92 Å². The highest BCUT2D eigenvalue weighted by Crippen LogP contribution is 2.27. The van der Waals surface area contributed by atoms with E-state index >= 15 is 0 Å². The summed E-state index contributed by atoms with van der Waals surface area (Å²) in [6.07, 6.45) is 0.697. The lowest BCUT2D eigenvalue weighted by Gasteiger charge is -2.17. The molecule has 0 amide bonds. The van der Waals surface area contributed by atoms with Crippen LogP contribution < -0.4 is 5.73 Å². The summed E-state index contributed by atoms with van der Waals surface area (Å²) in [6.45, 7) is 2.70. The minimum atomic E-state index is -3.50. The first kappa shape index (κ1) is 12.8. The number of hydrogen-bond acceptors (Lipinski definition) is 3. The zero-order valence-electron chi connectivity index (χ0n) is 9.56. The topological polar surface area (TPSA) is 63.4 Å². The average Bonchev–Trinajstić information content (AvgIpc) is 2.64. The van der Waals surface area contributed by atoms with Crippen molar-refractivity contribution < 1.29 is 8.42 Å². The van der Waals surface area contributed by atoms with Gasteiger partial charge in [-0.1, -0.05) is 17.7 Å². The monoisotopic (exact) mass is 274 g/mol. The average molecular weight is 275 g/mol. The highest BCUT2D eigenvalue weighted by molar-refractivity contribution is 7.89. The van der Waals surface area contributed by atoms with Gasteiger partial charge in [-0.2, -0.15) is 4.31 Å². The maximum Gasteiger partial charge on any atom is 0.244 e. The van der Waals surface area contributed by atoms with Crippen molar-refractivity contribution in [2.45, 2.75) is 24.3 Å². The number of nitrogens with two attached hydrogens (primary N) is 1. The number of halogens is 1. The van der Waals surface area contributed by atoms with Crippen molar-refractivity contribution in [3.63, 3.8) is 0 Å². The van der Waals surface area contributed by atoms with E-state index in [1.54, 1.807) is 18.2 Å². The van der Waals surface area contributed by atoms with Crippen molar-refractivity contribution in [3.8, 4) is 0 Å². The minimum Gasteiger partial charge on any atom is -0.326 e. The zero-order valence-corrected chi connectivity index (χ0v) is 11.1. The lowest BCUT2D eigenvalue weighted by Crippen LogP contribution is -2.32. The SMILES string of the molecule is Cc1ccc(S(=O)(=O)N2CC[C@H](N)C2)c(Cl)c1. The van der Waals surface area contributed by atoms with Crippen LogP contribution in [0.25, 0.3) is 0 Å². The molecule has 1 aromatic carbocycles. The second kappa shape index (κ2) is 4.57. The molecule has 1 saturated heterocycles. The summed E-state index contributed by atoms with van der Waals surface area (Å²) in [4.78, 5) is 0.166. The van der Waals surface area contributed by atoms with Gasteiger partial charge in [-0.25, -0.2) is 8.42 Å². The normalized spacial score (nSPS) is 21.9. The van der Waals surface area contributed by atoms with Crippen LogP contribution in [0.5, 0.6) is 0 Å². The van der Waals surface area contributed by atoms with Gasteiger partial charge < -0.3 is 5.73 Å². The highest BCUT2D eigenvalue weighted by atomic mass is 35.5. The molecule has 1 aromatic rings. The molecule has 0 radical (unpaired) electrons. The highest BCUT2D eigenvalue weighted by Gasteiger charge is 2.32. The Labute approximate surface area is 106 Å². The minimum absolute atomic E-state index is 0.0750. The van der Waals surface area contributed by atoms with Crippen LogP contribution in [0.15, 0.2) is 23.1 Å². The van der Waals surface area contributed by atoms with Crippen molar-refractivity contribution >= 4 is 21.6 Å². The lowest BCUT2D eigenvalue weighted by molar-refractivity contribution is 0.472. The van der Waals surface area contributed by atoms with Crippen molar-refractivity contribution in [1.82, 2.24) is 4.31 Å². The first-order chi connectivity index (χ1) is 7.91. The molecule has 1 fully saturated rings. The Bertz CT molecular complexity index is 530. The maximum absolute atomic E-state index is 12.3. The molecule has 1 atom stereocenters. The van der Waals surface area contributed by atoms with Crippen LogP contribution in [0, 0.1) is 6.92 Å². The maximum atomic E-state index is 12.3. The van der Waals surface area contributed by atoms with E-state index in [1.165, 1.54) is 4.31 Å². The molecular weight excluding hydrogens is 260 g/mol. The second-order valence-corrected chi connectivity index (χ2v) is 6.66. The van der Waals surface area contributed by atoms with Crippen LogP contribution in [0.1, 0.15) is 12.0 Å². The van der Waals surface area contributed by atoms with E-state index in [-0.39, 0.29) is 16.0 Å². The quantitative estimate of drug-likeness (QED) is 0.886. The van der Waals surface area contributed by atoms with Crippen LogP contribution in [-0.2, 0) is 10.0 Å². The van der Waals surface area contributed by atoms with Crippen LogP contribution in [-0.4, -0.2) is 31.9 Å². The Morgan fingerprint density at radius 2 is 2.18 bits per heavy atom. The third-order valence-corrected chi connectivity index (χ3v) is 5.24. The fraction of sp³-hybridized carbons (Fsp3) is 0.455. The van der Waals surface area contributed by atoms with Gasteiger partial charge in [0.25, 0.3) is 0 Å². The van der Waals surface area contributed by atoms with Crippen molar-refractivity contribution in [2.75, 3.05) is 13.1 Å². The van der Waals surface area contributed by atoms with Gasteiger partial charge in [-0.15, -0.1) is 0 Å². The van der Waals surface area contributed by atoms with Gasteiger partial charge in [0.05, 0.1) is 5.02 Å². The Morgan fingerprint density at radius 1 is 1.47 bits per heavy atom. The van der Waals surface area contributed by atoms with Gasteiger partial charge in [0.15, 0.2) is 0 Å². The Kier molecular flexibility index (Phi) is 3.45. The molecule has 4 nitrogen and oxygen atoms in total. The van der Waals surface area contributed by atoms with E-state index in [2.05, 4.69) is 0 Å². The summed E-state index contributed by atoms with van der Waals surface area (Å²) in [7, 11) is -3.50. The molecule has 0 spiro atoms. The Morgan fingerprint density at radius 3 is 2.71 bits per heavy atom. The fourth-order valence-electron chi connectivity index (χ4n) is 1.93. The third kappa shape index (κ3) is 2.47. The van der Waals surface area contributed by atoms with Crippen molar-refractivity contribution in [2.24, 2.45) is 5.73 Å². The summed E-state index contributed by atoms with van der Waals surface area (Å²) in [6, 6.07) is 4.88. The van der Waals surface area contributed by atoms with Gasteiger partial charge in [-0.05, 0) is 31.0 Å². The molecular formula is C11H15ClN2O2S. The second-order valence-electron chi connectivity index (χ2n) is 4.35. The third-order valence-electron chi connectivity index (χ3n) is 2.89. The predicted octanol–water partition coefficient (Wildman–Crippen LogP) is 1.37. The smallest absolute Gasteiger partial charge is 0.244 e. The summed E-state index contributed by atoms with van der Waals surface area (Å²) in [5.74, 6) is 0. The fourth-order valence-corrected chi connectivity index (χ4v) is 4.01. The molecule has 94 valence electrons. The molecule has 2 rings (SSSR count). The number of nitrogens with zero attached hydrogens (tertiary/aromatic N) is 1. The first-order valence-corrected chi connectivity index (χ1v) is 7.25.